The molecule has 2 heteroatoms. The van der Waals surface area contributed by atoms with Gasteiger partial charge in [-0.05, 0) is 43.6 Å². The molecule has 1 fully saturated rings. The van der Waals surface area contributed by atoms with E-state index in [0.717, 1.165) is 12.3 Å². The maximum Gasteiger partial charge on any atom is 0.119 e. The summed E-state index contributed by atoms with van der Waals surface area (Å²) < 4.78 is 5.25. The van der Waals surface area contributed by atoms with Crippen LogP contribution < -0.4 is 4.74 Å². The molecular formula is C14H21NO. The zero-order valence-electron chi connectivity index (χ0n) is 10.1. The first kappa shape index (κ1) is 11.5. The Morgan fingerprint density at radius 1 is 1.12 bits per heavy atom. The molecule has 2 nitrogen and oxygen atoms in total. The highest BCUT2D eigenvalue weighted by atomic mass is 16.5. The van der Waals surface area contributed by atoms with Gasteiger partial charge in [0.05, 0.1) is 7.11 Å². The molecule has 0 N–H and O–H groups in total. The van der Waals surface area contributed by atoms with Crippen LogP contribution in [0.25, 0.3) is 0 Å². The van der Waals surface area contributed by atoms with E-state index in [1.54, 1.807) is 7.11 Å². The molecule has 1 aromatic carbocycles. The van der Waals surface area contributed by atoms with Gasteiger partial charge in [0, 0.05) is 6.54 Å². The van der Waals surface area contributed by atoms with Crippen molar-refractivity contribution in [2.24, 2.45) is 0 Å². The third kappa shape index (κ3) is 3.24. The van der Waals surface area contributed by atoms with E-state index in [0.29, 0.717) is 0 Å². The smallest absolute Gasteiger partial charge is 0.119 e. The van der Waals surface area contributed by atoms with Crippen LogP contribution in [-0.4, -0.2) is 25.1 Å². The molecule has 88 valence electrons. The standard InChI is InChI=1S/C14H21NO/c1-16-14-8-6-7-13(11-14)12-15-9-4-2-3-5-10-15/h6-8,11H,2-5,9-10,12H2,1H3. The van der Waals surface area contributed by atoms with Crippen LogP contribution in [0.15, 0.2) is 24.3 Å². The van der Waals surface area contributed by atoms with Crippen LogP contribution in [-0.2, 0) is 6.54 Å². The highest BCUT2D eigenvalue weighted by Gasteiger charge is 2.09. The quantitative estimate of drug-likeness (QED) is 0.774. The molecule has 0 bridgehead atoms. The van der Waals surface area contributed by atoms with Gasteiger partial charge in [-0.25, -0.2) is 0 Å². The monoisotopic (exact) mass is 219 g/mol. The molecule has 1 saturated heterocycles. The summed E-state index contributed by atoms with van der Waals surface area (Å²) in [5.74, 6) is 0.965. The maximum absolute atomic E-state index is 5.25. The van der Waals surface area contributed by atoms with Crippen LogP contribution in [0.2, 0.25) is 0 Å². The molecule has 1 heterocycles. The third-order valence-corrected chi connectivity index (χ3v) is 3.24. The van der Waals surface area contributed by atoms with E-state index in [9.17, 15) is 0 Å². The molecule has 0 aromatic heterocycles. The Morgan fingerprint density at radius 3 is 2.56 bits per heavy atom. The van der Waals surface area contributed by atoms with E-state index in [-0.39, 0.29) is 0 Å². The molecule has 0 spiro atoms. The van der Waals surface area contributed by atoms with Gasteiger partial charge in [-0.3, -0.25) is 4.90 Å². The van der Waals surface area contributed by atoms with Gasteiger partial charge >= 0.3 is 0 Å². The van der Waals surface area contributed by atoms with E-state index < -0.39 is 0 Å². The van der Waals surface area contributed by atoms with Crippen LogP contribution in [0.5, 0.6) is 5.75 Å². The van der Waals surface area contributed by atoms with Crippen molar-refractivity contribution in [1.29, 1.82) is 0 Å². The first-order valence-corrected chi connectivity index (χ1v) is 6.24. The second-order valence-corrected chi connectivity index (χ2v) is 4.54. The van der Waals surface area contributed by atoms with Crippen LogP contribution in [0.3, 0.4) is 0 Å². The summed E-state index contributed by atoms with van der Waals surface area (Å²) in [6, 6.07) is 8.41. The largest absolute Gasteiger partial charge is 0.497 e. The van der Waals surface area contributed by atoms with Crippen molar-refractivity contribution in [2.45, 2.75) is 32.2 Å². The van der Waals surface area contributed by atoms with E-state index in [2.05, 4.69) is 23.1 Å². The lowest BCUT2D eigenvalue weighted by atomic mass is 10.2. The van der Waals surface area contributed by atoms with Crippen molar-refractivity contribution in [3.05, 3.63) is 29.8 Å². The number of methoxy groups -OCH3 is 1. The van der Waals surface area contributed by atoms with Gasteiger partial charge in [-0.2, -0.15) is 0 Å². The molecule has 1 aliphatic heterocycles. The van der Waals surface area contributed by atoms with Crippen molar-refractivity contribution in [1.82, 2.24) is 4.90 Å². The van der Waals surface area contributed by atoms with Gasteiger partial charge < -0.3 is 4.74 Å². The predicted molar refractivity (Wildman–Crippen MR) is 66.7 cm³/mol. The average molecular weight is 219 g/mol. The van der Waals surface area contributed by atoms with Crippen molar-refractivity contribution < 1.29 is 4.74 Å². The molecule has 2 rings (SSSR count). The molecular weight excluding hydrogens is 198 g/mol. The molecule has 1 aromatic rings. The number of rotatable bonds is 3. The van der Waals surface area contributed by atoms with Crippen molar-refractivity contribution in [3.63, 3.8) is 0 Å². The maximum atomic E-state index is 5.25. The number of likely N-dealkylation sites (tertiary alicyclic amines) is 1. The Morgan fingerprint density at radius 2 is 1.88 bits per heavy atom. The first-order chi connectivity index (χ1) is 7.88. The summed E-state index contributed by atoms with van der Waals surface area (Å²) in [7, 11) is 1.73. The summed E-state index contributed by atoms with van der Waals surface area (Å²) in [5.41, 5.74) is 1.36. The Bertz CT molecular complexity index is 316. The second kappa shape index (κ2) is 5.90. The lowest BCUT2D eigenvalue weighted by Crippen LogP contribution is -2.23. The molecule has 0 saturated carbocycles. The van der Waals surface area contributed by atoms with Gasteiger partial charge in [-0.1, -0.05) is 25.0 Å². The topological polar surface area (TPSA) is 12.5 Å². The lowest BCUT2D eigenvalue weighted by Gasteiger charge is -2.19. The Balaban J connectivity index is 1.96. The molecule has 16 heavy (non-hydrogen) atoms. The Labute approximate surface area is 98.2 Å². The predicted octanol–water partition coefficient (Wildman–Crippen LogP) is 3.07. The van der Waals surface area contributed by atoms with Crippen molar-refractivity contribution in [2.75, 3.05) is 20.2 Å². The van der Waals surface area contributed by atoms with Gasteiger partial charge in [0.2, 0.25) is 0 Å². The average Bonchev–Trinajstić information content (AvgIpc) is 2.58. The molecule has 0 amide bonds. The summed E-state index contributed by atoms with van der Waals surface area (Å²) >= 11 is 0. The van der Waals surface area contributed by atoms with E-state index in [1.807, 2.05) is 6.07 Å². The number of nitrogens with zero attached hydrogens (tertiary/aromatic N) is 1. The first-order valence-electron chi connectivity index (χ1n) is 6.24. The fraction of sp³-hybridized carbons (Fsp3) is 0.571. The van der Waals surface area contributed by atoms with E-state index in [1.165, 1.54) is 44.3 Å². The SMILES string of the molecule is COc1cccc(CN2CCCCCC2)c1. The van der Waals surface area contributed by atoms with Gasteiger partial charge in [0.25, 0.3) is 0 Å². The fourth-order valence-electron chi connectivity index (χ4n) is 2.32. The zero-order chi connectivity index (χ0) is 11.2. The number of hydrogen-bond acceptors (Lipinski definition) is 2. The minimum Gasteiger partial charge on any atom is -0.497 e. The van der Waals surface area contributed by atoms with Gasteiger partial charge in [-0.15, -0.1) is 0 Å². The molecule has 1 aliphatic rings. The lowest BCUT2D eigenvalue weighted by molar-refractivity contribution is 0.276. The summed E-state index contributed by atoms with van der Waals surface area (Å²) in [6.45, 7) is 3.56. The summed E-state index contributed by atoms with van der Waals surface area (Å²) in [5, 5.41) is 0. The highest BCUT2D eigenvalue weighted by molar-refractivity contribution is 5.28. The van der Waals surface area contributed by atoms with Crippen LogP contribution in [0.1, 0.15) is 31.2 Å². The molecule has 0 radical (unpaired) electrons. The van der Waals surface area contributed by atoms with Crippen LogP contribution in [0.4, 0.5) is 0 Å². The zero-order valence-corrected chi connectivity index (χ0v) is 10.1. The molecule has 0 unspecified atom stereocenters. The normalized spacial score (nSPS) is 18.1. The summed E-state index contributed by atoms with van der Waals surface area (Å²) in [6.07, 6.45) is 5.50. The number of hydrogen-bond donors (Lipinski definition) is 0. The van der Waals surface area contributed by atoms with Gasteiger partial charge in [0.1, 0.15) is 5.75 Å². The molecule has 0 aliphatic carbocycles. The van der Waals surface area contributed by atoms with Crippen molar-refractivity contribution in [3.8, 4) is 5.75 Å². The minimum absolute atomic E-state index is 0.965. The van der Waals surface area contributed by atoms with Gasteiger partial charge in [0.15, 0.2) is 0 Å². The Hall–Kier alpha value is -1.02. The number of benzene rings is 1. The minimum atomic E-state index is 0.965. The number of ether oxygens (including phenoxy) is 1. The van der Waals surface area contributed by atoms with Crippen LogP contribution in [0, 0.1) is 0 Å². The van der Waals surface area contributed by atoms with Crippen molar-refractivity contribution >= 4 is 0 Å². The molecule has 0 atom stereocenters. The second-order valence-electron chi connectivity index (χ2n) is 4.54. The van der Waals surface area contributed by atoms with E-state index >= 15 is 0 Å². The summed E-state index contributed by atoms with van der Waals surface area (Å²) in [4.78, 5) is 2.56. The van der Waals surface area contributed by atoms with Crippen LogP contribution >= 0.6 is 0 Å². The highest BCUT2D eigenvalue weighted by Crippen LogP contribution is 2.16. The Kier molecular flexibility index (Phi) is 4.23. The fourth-order valence-corrected chi connectivity index (χ4v) is 2.32. The third-order valence-electron chi connectivity index (χ3n) is 3.24. The van der Waals surface area contributed by atoms with E-state index in [4.69, 9.17) is 4.74 Å².